The quantitative estimate of drug-likeness (QED) is 0.268. The lowest BCUT2D eigenvalue weighted by Crippen LogP contribution is -2.36. The van der Waals surface area contributed by atoms with Crippen LogP contribution in [0.15, 0.2) is 41.3 Å². The maximum absolute atomic E-state index is 14.0. The predicted molar refractivity (Wildman–Crippen MR) is 129 cm³/mol. The number of nitrogens with one attached hydrogen (secondary N) is 1. The molecule has 0 saturated carbocycles. The highest BCUT2D eigenvalue weighted by Crippen LogP contribution is 2.34. The Labute approximate surface area is 209 Å². The number of unbranched alkanes of at least 4 members (excludes halogenated alkanes) is 1. The lowest BCUT2D eigenvalue weighted by atomic mass is 10.2. The number of hydrogen-bond donors (Lipinski definition) is 1. The summed E-state index contributed by atoms with van der Waals surface area (Å²) in [6.45, 7) is 1.62. The molecule has 1 saturated heterocycles. The fraction of sp³-hybridized carbons (Fsp3) is 0.217. The zero-order chi connectivity index (χ0) is 24.8. The summed E-state index contributed by atoms with van der Waals surface area (Å²) < 4.78 is 19.2. The summed E-state index contributed by atoms with van der Waals surface area (Å²) in [4.78, 5) is 50.3. The summed E-state index contributed by atoms with van der Waals surface area (Å²) in [7, 11) is 0. The van der Waals surface area contributed by atoms with Gasteiger partial charge in [-0.15, -0.1) is 0 Å². The Morgan fingerprint density at radius 3 is 2.65 bits per heavy atom. The van der Waals surface area contributed by atoms with E-state index in [9.17, 15) is 23.6 Å². The summed E-state index contributed by atoms with van der Waals surface area (Å²) in [5, 5.41) is 2.07. The second kappa shape index (κ2) is 11.5. The monoisotopic (exact) mass is 524 g/mol. The number of anilines is 1. The first-order chi connectivity index (χ1) is 16.2. The van der Waals surface area contributed by atoms with E-state index in [0.29, 0.717) is 18.2 Å². The van der Waals surface area contributed by atoms with Crippen molar-refractivity contribution in [2.24, 2.45) is 0 Å². The van der Waals surface area contributed by atoms with Crippen molar-refractivity contribution in [2.45, 2.75) is 19.8 Å². The molecule has 2 aromatic carbocycles. The first-order valence-electron chi connectivity index (χ1n) is 10.2. The van der Waals surface area contributed by atoms with Gasteiger partial charge in [0.1, 0.15) is 12.4 Å². The number of rotatable bonds is 8. The molecule has 0 radical (unpaired) electrons. The van der Waals surface area contributed by atoms with Crippen LogP contribution < -0.4 is 5.32 Å². The average Bonchev–Trinajstić information content (AvgIpc) is 3.05. The highest BCUT2D eigenvalue weighted by Gasteiger charge is 2.36. The number of benzene rings is 2. The maximum atomic E-state index is 14.0. The third kappa shape index (κ3) is 6.16. The van der Waals surface area contributed by atoms with Gasteiger partial charge in [-0.1, -0.05) is 42.6 Å². The van der Waals surface area contributed by atoms with Gasteiger partial charge in [0.05, 0.1) is 27.1 Å². The zero-order valence-electron chi connectivity index (χ0n) is 17.9. The maximum Gasteiger partial charge on any atom is 0.339 e. The molecular weight excluding hydrogens is 506 g/mol. The lowest BCUT2D eigenvalue weighted by Gasteiger charge is -2.13. The van der Waals surface area contributed by atoms with Crippen molar-refractivity contribution in [2.75, 3.05) is 18.5 Å². The zero-order valence-corrected chi connectivity index (χ0v) is 20.2. The van der Waals surface area contributed by atoms with Crippen LogP contribution in [0.4, 0.5) is 14.9 Å². The molecule has 1 N–H and O–H groups in total. The molecular formula is C23H19Cl2FN2O5S. The molecule has 0 atom stereocenters. The van der Waals surface area contributed by atoms with Crippen molar-refractivity contribution in [3.63, 3.8) is 0 Å². The normalized spacial score (nSPS) is 14.6. The van der Waals surface area contributed by atoms with Crippen molar-refractivity contribution in [1.29, 1.82) is 0 Å². The number of amides is 3. The van der Waals surface area contributed by atoms with E-state index in [1.165, 1.54) is 42.5 Å². The highest BCUT2D eigenvalue weighted by molar-refractivity contribution is 8.18. The number of carbonyl (C=O) groups is 4. The van der Waals surface area contributed by atoms with Crippen LogP contribution in [-0.4, -0.2) is 41.1 Å². The molecule has 7 nitrogen and oxygen atoms in total. The van der Waals surface area contributed by atoms with E-state index in [1.807, 2.05) is 6.92 Å². The van der Waals surface area contributed by atoms with Gasteiger partial charge >= 0.3 is 5.97 Å². The van der Waals surface area contributed by atoms with Crippen LogP contribution in [0.25, 0.3) is 6.08 Å². The smallest absolute Gasteiger partial charge is 0.339 e. The molecule has 2 aromatic rings. The van der Waals surface area contributed by atoms with Crippen LogP contribution in [0.2, 0.25) is 10.0 Å². The minimum absolute atomic E-state index is 0.0290. The summed E-state index contributed by atoms with van der Waals surface area (Å²) in [6.07, 6.45) is 2.74. The molecule has 178 valence electrons. The third-order valence-electron chi connectivity index (χ3n) is 4.65. The number of esters is 1. The SMILES string of the molecule is CCCCOC(=O)c1cc(NC(=O)CN2C(=O)S/C(=C\c3c(F)cccc3Cl)C2=O)ccc1Cl. The molecule has 0 spiro atoms. The van der Waals surface area contributed by atoms with E-state index in [4.69, 9.17) is 27.9 Å². The highest BCUT2D eigenvalue weighted by atomic mass is 35.5. The molecule has 3 amide bonds. The second-order valence-corrected chi connectivity index (χ2v) is 8.94. The fourth-order valence-corrected chi connectivity index (χ4v) is 4.14. The second-order valence-electron chi connectivity index (χ2n) is 7.14. The van der Waals surface area contributed by atoms with Crippen molar-refractivity contribution in [3.05, 3.63) is 68.3 Å². The molecule has 1 aliphatic heterocycles. The Bertz CT molecular complexity index is 1170. The molecule has 1 heterocycles. The summed E-state index contributed by atoms with van der Waals surface area (Å²) in [6, 6.07) is 8.29. The largest absolute Gasteiger partial charge is 0.462 e. The van der Waals surface area contributed by atoms with Crippen LogP contribution in [0, 0.1) is 5.82 Å². The molecule has 34 heavy (non-hydrogen) atoms. The average molecular weight is 525 g/mol. The molecule has 1 aliphatic rings. The summed E-state index contributed by atoms with van der Waals surface area (Å²) in [5.41, 5.74) is 0.280. The number of nitrogens with zero attached hydrogens (tertiary/aromatic N) is 1. The van der Waals surface area contributed by atoms with Gasteiger partial charge in [-0.3, -0.25) is 19.3 Å². The molecule has 0 bridgehead atoms. The van der Waals surface area contributed by atoms with Crippen molar-refractivity contribution in [1.82, 2.24) is 4.90 Å². The number of imide groups is 1. The van der Waals surface area contributed by atoms with E-state index in [0.717, 1.165) is 11.3 Å². The van der Waals surface area contributed by atoms with Crippen LogP contribution >= 0.6 is 35.0 Å². The Balaban J connectivity index is 1.69. The van der Waals surface area contributed by atoms with Gasteiger partial charge in [-0.2, -0.15) is 0 Å². The van der Waals surface area contributed by atoms with E-state index < -0.39 is 35.4 Å². The van der Waals surface area contributed by atoms with Gasteiger partial charge in [0.25, 0.3) is 11.1 Å². The van der Waals surface area contributed by atoms with Gasteiger partial charge in [-0.05, 0) is 54.6 Å². The Morgan fingerprint density at radius 2 is 1.94 bits per heavy atom. The van der Waals surface area contributed by atoms with E-state index in [2.05, 4.69) is 5.32 Å². The summed E-state index contributed by atoms with van der Waals surface area (Å²) in [5.74, 6) is -2.71. The van der Waals surface area contributed by atoms with Gasteiger partial charge in [0.2, 0.25) is 5.91 Å². The molecule has 1 fully saturated rings. The van der Waals surface area contributed by atoms with Crippen molar-refractivity contribution < 1.29 is 28.3 Å². The first kappa shape index (κ1) is 25.7. The van der Waals surface area contributed by atoms with E-state index in [-0.39, 0.29) is 38.4 Å². The Hall–Kier alpha value is -2.88. The molecule has 0 aliphatic carbocycles. The molecule has 11 heteroatoms. The van der Waals surface area contributed by atoms with Crippen LogP contribution in [0.5, 0.6) is 0 Å². The van der Waals surface area contributed by atoms with Crippen LogP contribution in [0.1, 0.15) is 35.7 Å². The number of hydrogen-bond acceptors (Lipinski definition) is 6. The van der Waals surface area contributed by atoms with Gasteiger partial charge < -0.3 is 10.1 Å². The number of carbonyl (C=O) groups excluding carboxylic acids is 4. The Kier molecular flexibility index (Phi) is 8.71. The molecule has 3 rings (SSSR count). The first-order valence-corrected chi connectivity index (χ1v) is 11.7. The number of halogens is 3. The number of thioether (sulfide) groups is 1. The fourth-order valence-electron chi connectivity index (χ4n) is 2.91. The molecule has 0 aromatic heterocycles. The van der Waals surface area contributed by atoms with Gasteiger partial charge in [-0.25, -0.2) is 9.18 Å². The predicted octanol–water partition coefficient (Wildman–Crippen LogP) is 5.76. The van der Waals surface area contributed by atoms with Crippen molar-refractivity contribution in [3.8, 4) is 0 Å². The van der Waals surface area contributed by atoms with Gasteiger partial charge in [0, 0.05) is 11.3 Å². The lowest BCUT2D eigenvalue weighted by molar-refractivity contribution is -0.127. The van der Waals surface area contributed by atoms with E-state index >= 15 is 0 Å². The standard InChI is InChI=1S/C23H19Cl2FN2O5S/c1-2-3-9-33-22(31)15-10-13(7-8-17(15)25)27-20(29)12-28-21(30)19(34-23(28)32)11-14-16(24)5-4-6-18(14)26/h4-8,10-11H,2-3,9,12H2,1H3,(H,27,29)/b19-11-. The van der Waals surface area contributed by atoms with Crippen LogP contribution in [0.3, 0.4) is 0 Å². The topological polar surface area (TPSA) is 92.8 Å². The minimum Gasteiger partial charge on any atom is -0.462 e. The number of ether oxygens (including phenoxy) is 1. The van der Waals surface area contributed by atoms with Crippen LogP contribution in [-0.2, 0) is 14.3 Å². The van der Waals surface area contributed by atoms with Crippen molar-refractivity contribution >= 4 is 69.8 Å². The van der Waals surface area contributed by atoms with Gasteiger partial charge in [0.15, 0.2) is 0 Å². The minimum atomic E-state index is -0.749. The third-order valence-corrected chi connectivity index (χ3v) is 6.22. The Morgan fingerprint density at radius 1 is 1.18 bits per heavy atom. The van der Waals surface area contributed by atoms with E-state index in [1.54, 1.807) is 0 Å². The summed E-state index contributed by atoms with van der Waals surface area (Å²) >= 11 is 12.6. The molecule has 0 unspecified atom stereocenters.